The van der Waals surface area contributed by atoms with Crippen LogP contribution in [-0.2, 0) is 9.53 Å². The lowest BCUT2D eigenvalue weighted by Gasteiger charge is -2.21. The molecule has 1 aliphatic carbocycles. The number of ether oxygens (including phenoxy) is 1. The topological polar surface area (TPSA) is 73.2 Å². The van der Waals surface area contributed by atoms with E-state index in [0.717, 1.165) is 35.9 Å². The Hall–Kier alpha value is -2.67. The normalized spacial score (nSPS) is 15.7. The minimum atomic E-state index is -1.07. The Balaban J connectivity index is 1.62. The largest absolute Gasteiger partial charge is 0.441 e. The van der Waals surface area contributed by atoms with Crippen LogP contribution < -0.4 is 5.32 Å². The first-order valence-corrected chi connectivity index (χ1v) is 10.9. The van der Waals surface area contributed by atoms with Gasteiger partial charge in [-0.2, -0.15) is 0 Å². The molecule has 7 heteroatoms. The second kappa shape index (κ2) is 8.37. The van der Waals surface area contributed by atoms with Crippen molar-refractivity contribution in [3.05, 3.63) is 53.3 Å². The van der Waals surface area contributed by atoms with E-state index in [0.29, 0.717) is 11.4 Å². The first-order valence-electron chi connectivity index (χ1n) is 10.1. The maximum Gasteiger partial charge on any atom is 0.356 e. The van der Waals surface area contributed by atoms with Crippen molar-refractivity contribution < 1.29 is 14.3 Å². The lowest BCUT2D eigenvalue weighted by atomic mass is 10.2. The molecule has 1 fully saturated rings. The highest BCUT2D eigenvalue weighted by molar-refractivity contribution is 7.17. The van der Waals surface area contributed by atoms with Crippen LogP contribution in [-0.4, -0.2) is 27.5 Å². The average Bonchev–Trinajstić information content (AvgIpc) is 3.43. The summed E-state index contributed by atoms with van der Waals surface area (Å²) in [6.45, 7) is 4.05. The van der Waals surface area contributed by atoms with Gasteiger partial charge in [0.25, 0.3) is 5.91 Å². The van der Waals surface area contributed by atoms with Gasteiger partial charge in [0.2, 0.25) is 6.10 Å². The summed E-state index contributed by atoms with van der Waals surface area (Å²) in [4.78, 5) is 30.4. The van der Waals surface area contributed by atoms with Crippen LogP contribution in [0.3, 0.4) is 0 Å². The van der Waals surface area contributed by atoms with Crippen LogP contribution in [0.5, 0.6) is 0 Å². The zero-order chi connectivity index (χ0) is 20.4. The smallest absolute Gasteiger partial charge is 0.356 e. The number of carbonyl (C=O) groups excluding carboxylic acids is 2. The molecule has 152 valence electrons. The molecule has 3 heterocycles. The lowest BCUT2D eigenvalue weighted by Crippen LogP contribution is -2.38. The van der Waals surface area contributed by atoms with Gasteiger partial charge >= 0.3 is 5.97 Å². The number of aromatic nitrogens is 2. The van der Waals surface area contributed by atoms with Crippen LogP contribution in [0.15, 0.2) is 41.9 Å². The number of thiophene rings is 1. The highest BCUT2D eigenvalue weighted by Gasteiger charge is 2.31. The summed E-state index contributed by atoms with van der Waals surface area (Å²) >= 11 is 1.58. The van der Waals surface area contributed by atoms with Crippen molar-refractivity contribution in [3.8, 4) is 0 Å². The van der Waals surface area contributed by atoms with E-state index in [4.69, 9.17) is 4.74 Å². The van der Waals surface area contributed by atoms with Gasteiger partial charge in [-0.3, -0.25) is 9.78 Å². The quantitative estimate of drug-likeness (QED) is 0.600. The second-order valence-corrected chi connectivity index (χ2v) is 8.64. The molecule has 1 N–H and O–H groups in total. The van der Waals surface area contributed by atoms with Crippen LogP contribution in [0.1, 0.15) is 67.9 Å². The van der Waals surface area contributed by atoms with Crippen LogP contribution >= 0.6 is 11.3 Å². The second-order valence-electron chi connectivity index (χ2n) is 7.69. The molecule has 0 aromatic carbocycles. The number of amides is 1. The molecule has 1 aliphatic rings. The van der Waals surface area contributed by atoms with Crippen molar-refractivity contribution in [1.29, 1.82) is 0 Å². The molecule has 0 bridgehead atoms. The Kier molecular flexibility index (Phi) is 5.67. The van der Waals surface area contributed by atoms with Gasteiger partial charge in [-0.15, -0.1) is 11.3 Å². The standard InChI is InChI=1S/C22H25N3O3S/c1-14(2)25-17-10-12-29-19(17)13-18(25)22(27)28-20(16-9-5-6-11-23-16)21(26)24-15-7-3-4-8-15/h5-6,9-15,20H,3-4,7-8H2,1-2H3,(H,24,26)/t20-/m0/s1. The molecule has 0 aliphatic heterocycles. The van der Waals surface area contributed by atoms with Crippen molar-refractivity contribution in [2.24, 2.45) is 0 Å². The maximum absolute atomic E-state index is 13.1. The zero-order valence-electron chi connectivity index (χ0n) is 16.6. The summed E-state index contributed by atoms with van der Waals surface area (Å²) in [5, 5.41) is 5.04. The lowest BCUT2D eigenvalue weighted by molar-refractivity contribution is -0.131. The van der Waals surface area contributed by atoms with E-state index in [2.05, 4.69) is 10.3 Å². The van der Waals surface area contributed by atoms with E-state index in [1.54, 1.807) is 35.7 Å². The van der Waals surface area contributed by atoms with Gasteiger partial charge < -0.3 is 14.6 Å². The molecule has 1 amide bonds. The van der Waals surface area contributed by atoms with E-state index < -0.39 is 12.1 Å². The van der Waals surface area contributed by atoms with Crippen LogP contribution in [0.25, 0.3) is 10.2 Å². The highest BCUT2D eigenvalue weighted by Crippen LogP contribution is 2.30. The van der Waals surface area contributed by atoms with E-state index >= 15 is 0 Å². The highest BCUT2D eigenvalue weighted by atomic mass is 32.1. The van der Waals surface area contributed by atoms with Gasteiger partial charge in [-0.1, -0.05) is 18.9 Å². The fourth-order valence-corrected chi connectivity index (χ4v) is 4.76. The number of hydrogen-bond donors (Lipinski definition) is 1. The molecule has 1 atom stereocenters. The number of hydrogen-bond acceptors (Lipinski definition) is 5. The van der Waals surface area contributed by atoms with E-state index in [9.17, 15) is 9.59 Å². The Morgan fingerprint density at radius 2 is 2.03 bits per heavy atom. The Labute approximate surface area is 173 Å². The van der Waals surface area contributed by atoms with E-state index in [1.165, 1.54) is 0 Å². The minimum Gasteiger partial charge on any atom is -0.441 e. The molecule has 0 radical (unpaired) electrons. The molecule has 0 spiro atoms. The third-order valence-electron chi connectivity index (χ3n) is 5.31. The number of pyridine rings is 1. The SMILES string of the molecule is CC(C)n1c(C(=O)O[C@H](C(=O)NC2CCCC2)c2ccccn2)cc2sccc21. The van der Waals surface area contributed by atoms with Gasteiger partial charge in [0.05, 0.1) is 15.9 Å². The van der Waals surface area contributed by atoms with E-state index in [-0.39, 0.29) is 18.0 Å². The zero-order valence-corrected chi connectivity index (χ0v) is 17.4. The van der Waals surface area contributed by atoms with Crippen molar-refractivity contribution in [2.45, 2.75) is 57.7 Å². The number of fused-ring (bicyclic) bond motifs is 1. The van der Waals surface area contributed by atoms with Crippen LogP contribution in [0.4, 0.5) is 0 Å². The van der Waals surface area contributed by atoms with Crippen molar-refractivity contribution in [2.75, 3.05) is 0 Å². The van der Waals surface area contributed by atoms with Gasteiger partial charge in [-0.25, -0.2) is 4.79 Å². The number of nitrogens with zero attached hydrogens (tertiary/aromatic N) is 2. The fourth-order valence-electron chi connectivity index (χ4n) is 3.95. The van der Waals surface area contributed by atoms with Crippen molar-refractivity contribution in [1.82, 2.24) is 14.9 Å². The molecule has 3 aromatic rings. The first-order chi connectivity index (χ1) is 14.0. The summed E-state index contributed by atoms with van der Waals surface area (Å²) in [5.41, 5.74) is 1.89. The predicted molar refractivity (Wildman–Crippen MR) is 113 cm³/mol. The number of esters is 1. The summed E-state index contributed by atoms with van der Waals surface area (Å²) in [6.07, 6.45) is 4.67. The number of nitrogens with one attached hydrogen (secondary N) is 1. The summed E-state index contributed by atoms with van der Waals surface area (Å²) in [6, 6.07) is 9.34. The summed E-state index contributed by atoms with van der Waals surface area (Å²) in [7, 11) is 0. The molecule has 0 unspecified atom stereocenters. The molecule has 0 saturated heterocycles. The predicted octanol–water partition coefficient (Wildman–Crippen LogP) is 4.64. The molecule has 4 rings (SSSR count). The first kappa shape index (κ1) is 19.6. The third-order valence-corrected chi connectivity index (χ3v) is 6.16. The summed E-state index contributed by atoms with van der Waals surface area (Å²) in [5.74, 6) is -0.826. The van der Waals surface area contributed by atoms with E-state index in [1.807, 2.05) is 35.9 Å². The van der Waals surface area contributed by atoms with Gasteiger partial charge in [-0.05, 0) is 56.3 Å². The third kappa shape index (κ3) is 4.05. The van der Waals surface area contributed by atoms with Crippen molar-refractivity contribution in [3.63, 3.8) is 0 Å². The van der Waals surface area contributed by atoms with Gasteiger partial charge in [0.15, 0.2) is 0 Å². The fraction of sp³-hybridized carbons (Fsp3) is 0.409. The monoisotopic (exact) mass is 411 g/mol. The molecular weight excluding hydrogens is 386 g/mol. The maximum atomic E-state index is 13.1. The van der Waals surface area contributed by atoms with Gasteiger partial charge in [0, 0.05) is 18.3 Å². The minimum absolute atomic E-state index is 0.0882. The Bertz CT molecular complexity index is 1000. The van der Waals surface area contributed by atoms with Crippen LogP contribution in [0.2, 0.25) is 0 Å². The molecule has 3 aromatic heterocycles. The number of rotatable bonds is 6. The Morgan fingerprint density at radius 1 is 1.24 bits per heavy atom. The number of carbonyl (C=O) groups is 2. The molecule has 1 saturated carbocycles. The Morgan fingerprint density at radius 3 is 2.72 bits per heavy atom. The summed E-state index contributed by atoms with van der Waals surface area (Å²) < 4.78 is 8.74. The molecular formula is C22H25N3O3S. The average molecular weight is 412 g/mol. The van der Waals surface area contributed by atoms with Gasteiger partial charge in [0.1, 0.15) is 5.69 Å². The molecule has 6 nitrogen and oxygen atoms in total. The molecule has 29 heavy (non-hydrogen) atoms. The van der Waals surface area contributed by atoms with Crippen molar-refractivity contribution >= 4 is 33.4 Å². The van der Waals surface area contributed by atoms with Crippen LogP contribution in [0, 0.1) is 0 Å².